The van der Waals surface area contributed by atoms with Crippen molar-refractivity contribution in [3.05, 3.63) is 0 Å². The van der Waals surface area contributed by atoms with Crippen molar-refractivity contribution < 1.29 is 19.1 Å². The van der Waals surface area contributed by atoms with E-state index in [-0.39, 0.29) is 11.8 Å². The average molecular weight is 323 g/mol. The van der Waals surface area contributed by atoms with Crippen LogP contribution in [0.5, 0.6) is 0 Å². The summed E-state index contributed by atoms with van der Waals surface area (Å²) >= 11 is 0. The van der Waals surface area contributed by atoms with Gasteiger partial charge in [-0.1, -0.05) is 0 Å². The second-order valence-electron chi connectivity index (χ2n) is 6.74. The number of nitrogens with zero attached hydrogens (tertiary/aromatic N) is 2. The molecule has 3 aliphatic heterocycles. The number of carbonyl (C=O) groups excluding carboxylic acids is 3. The Labute approximate surface area is 136 Å². The van der Waals surface area contributed by atoms with E-state index in [0.717, 1.165) is 43.7 Å². The fraction of sp³-hybridized carbons (Fsp3) is 0.812. The summed E-state index contributed by atoms with van der Waals surface area (Å²) in [7, 11) is 0. The first kappa shape index (κ1) is 16.2. The minimum absolute atomic E-state index is 0.127. The molecule has 7 heteroatoms. The Hall–Kier alpha value is -1.63. The quantitative estimate of drug-likeness (QED) is 0.774. The number of hydrogen-bond donors (Lipinski definition) is 1. The first-order valence-electron chi connectivity index (χ1n) is 8.58. The number of urea groups is 1. The van der Waals surface area contributed by atoms with Crippen molar-refractivity contribution in [1.29, 1.82) is 0 Å². The molecule has 0 aromatic carbocycles. The summed E-state index contributed by atoms with van der Waals surface area (Å²) in [5, 5.41) is 2.73. The third kappa shape index (κ3) is 3.34. The molecule has 0 saturated carbocycles. The van der Waals surface area contributed by atoms with Gasteiger partial charge in [0, 0.05) is 26.3 Å². The molecular formula is C16H25N3O4. The second kappa shape index (κ2) is 6.86. The van der Waals surface area contributed by atoms with Gasteiger partial charge in [0.05, 0.1) is 0 Å². The van der Waals surface area contributed by atoms with Crippen LogP contribution in [-0.4, -0.2) is 66.0 Å². The number of likely N-dealkylation sites (tertiary alicyclic amines) is 1. The largest absolute Gasteiger partial charge is 0.381 e. The number of rotatable bonds is 4. The van der Waals surface area contributed by atoms with E-state index in [1.807, 2.05) is 0 Å². The van der Waals surface area contributed by atoms with E-state index in [4.69, 9.17) is 4.74 Å². The molecule has 3 saturated heterocycles. The molecule has 3 atom stereocenters. The Balaban J connectivity index is 1.62. The third-order valence-corrected chi connectivity index (χ3v) is 5.06. The molecule has 0 radical (unpaired) electrons. The van der Waals surface area contributed by atoms with E-state index in [0.29, 0.717) is 25.6 Å². The molecule has 3 fully saturated rings. The maximum atomic E-state index is 12.6. The highest BCUT2D eigenvalue weighted by atomic mass is 16.5. The molecule has 3 aliphatic rings. The number of nitrogens with one attached hydrogen (secondary N) is 1. The van der Waals surface area contributed by atoms with Gasteiger partial charge < -0.3 is 15.0 Å². The Morgan fingerprint density at radius 1 is 1.30 bits per heavy atom. The SMILES string of the molecule is C[C@@H](C(=O)N1CCCCC1)N1C(=O)NC(CC2CCOC2)C1=O. The summed E-state index contributed by atoms with van der Waals surface area (Å²) in [6.07, 6.45) is 4.62. The molecule has 0 aromatic heterocycles. The van der Waals surface area contributed by atoms with E-state index < -0.39 is 18.1 Å². The van der Waals surface area contributed by atoms with Crippen molar-refractivity contribution in [3.63, 3.8) is 0 Å². The summed E-state index contributed by atoms with van der Waals surface area (Å²) in [6.45, 7) is 4.44. The van der Waals surface area contributed by atoms with E-state index in [2.05, 4.69) is 5.32 Å². The standard InChI is InChI=1S/C16H25N3O4/c1-11(14(20)18-6-3-2-4-7-18)19-15(21)13(17-16(19)22)9-12-5-8-23-10-12/h11-13H,2-10H2,1H3,(H,17,22)/t11-,12?,13?/m0/s1. The highest BCUT2D eigenvalue weighted by Gasteiger charge is 2.44. The maximum Gasteiger partial charge on any atom is 0.325 e. The Morgan fingerprint density at radius 2 is 2.04 bits per heavy atom. The molecule has 0 aliphatic carbocycles. The second-order valence-corrected chi connectivity index (χ2v) is 6.74. The van der Waals surface area contributed by atoms with E-state index in [1.165, 1.54) is 0 Å². The van der Waals surface area contributed by atoms with Crippen LogP contribution in [0.15, 0.2) is 0 Å². The van der Waals surface area contributed by atoms with Gasteiger partial charge in [-0.15, -0.1) is 0 Å². The lowest BCUT2D eigenvalue weighted by molar-refractivity contribution is -0.142. The Kier molecular flexibility index (Phi) is 4.84. The molecule has 3 heterocycles. The molecule has 2 unspecified atom stereocenters. The van der Waals surface area contributed by atoms with E-state index >= 15 is 0 Å². The Morgan fingerprint density at radius 3 is 2.70 bits per heavy atom. The van der Waals surface area contributed by atoms with Crippen LogP contribution in [0.2, 0.25) is 0 Å². The predicted molar refractivity (Wildman–Crippen MR) is 82.6 cm³/mol. The number of piperidine rings is 1. The van der Waals surface area contributed by atoms with Crippen LogP contribution in [0.3, 0.4) is 0 Å². The van der Waals surface area contributed by atoms with Gasteiger partial charge in [-0.2, -0.15) is 0 Å². The third-order valence-electron chi connectivity index (χ3n) is 5.06. The molecule has 1 N–H and O–H groups in total. The first-order valence-corrected chi connectivity index (χ1v) is 8.58. The molecule has 7 nitrogen and oxygen atoms in total. The van der Waals surface area contributed by atoms with Crippen molar-refractivity contribution in [2.75, 3.05) is 26.3 Å². The number of imide groups is 1. The minimum atomic E-state index is -0.731. The van der Waals surface area contributed by atoms with Crippen LogP contribution < -0.4 is 5.32 Å². The van der Waals surface area contributed by atoms with Crippen LogP contribution in [0.25, 0.3) is 0 Å². The van der Waals surface area contributed by atoms with Gasteiger partial charge in [0.2, 0.25) is 5.91 Å². The maximum absolute atomic E-state index is 12.6. The van der Waals surface area contributed by atoms with Gasteiger partial charge in [0.25, 0.3) is 5.91 Å². The molecule has 0 bridgehead atoms. The molecule has 0 spiro atoms. The van der Waals surface area contributed by atoms with E-state index in [1.54, 1.807) is 11.8 Å². The topological polar surface area (TPSA) is 79.0 Å². The number of carbonyl (C=O) groups is 3. The van der Waals surface area contributed by atoms with Gasteiger partial charge in [-0.25, -0.2) is 4.79 Å². The molecular weight excluding hydrogens is 298 g/mol. The fourth-order valence-corrected chi connectivity index (χ4v) is 3.67. The lowest BCUT2D eigenvalue weighted by Crippen LogP contribution is -2.51. The normalized spacial score (nSPS) is 29.8. The highest BCUT2D eigenvalue weighted by Crippen LogP contribution is 2.23. The first-order chi connectivity index (χ1) is 11.1. The summed E-state index contributed by atoms with van der Waals surface area (Å²) in [6, 6.07) is -1.70. The van der Waals surface area contributed by atoms with Crippen LogP contribution >= 0.6 is 0 Å². The smallest absolute Gasteiger partial charge is 0.325 e. The summed E-state index contributed by atoms with van der Waals surface area (Å²) in [5.74, 6) is -0.102. The number of amides is 4. The van der Waals surface area contributed by atoms with Crippen molar-refractivity contribution in [2.45, 2.75) is 51.1 Å². The van der Waals surface area contributed by atoms with Crippen LogP contribution in [-0.2, 0) is 14.3 Å². The van der Waals surface area contributed by atoms with Crippen LogP contribution in [0, 0.1) is 5.92 Å². The van der Waals surface area contributed by atoms with Crippen LogP contribution in [0.1, 0.15) is 39.0 Å². The van der Waals surface area contributed by atoms with Crippen molar-refractivity contribution >= 4 is 17.8 Å². The number of hydrogen-bond acceptors (Lipinski definition) is 4. The molecule has 4 amide bonds. The van der Waals surface area contributed by atoms with Gasteiger partial charge in [-0.05, 0) is 44.9 Å². The molecule has 0 aromatic rings. The molecule has 128 valence electrons. The van der Waals surface area contributed by atoms with Crippen molar-refractivity contribution in [2.24, 2.45) is 5.92 Å². The highest BCUT2D eigenvalue weighted by molar-refractivity contribution is 6.07. The summed E-state index contributed by atoms with van der Waals surface area (Å²) in [5.41, 5.74) is 0. The lowest BCUT2D eigenvalue weighted by atomic mass is 9.99. The Bertz CT molecular complexity index is 484. The number of ether oxygens (including phenoxy) is 1. The van der Waals surface area contributed by atoms with Gasteiger partial charge in [0.15, 0.2) is 0 Å². The van der Waals surface area contributed by atoms with Crippen molar-refractivity contribution in [1.82, 2.24) is 15.1 Å². The average Bonchev–Trinajstić information content (AvgIpc) is 3.16. The van der Waals surface area contributed by atoms with E-state index in [9.17, 15) is 14.4 Å². The van der Waals surface area contributed by atoms with Crippen molar-refractivity contribution in [3.8, 4) is 0 Å². The van der Waals surface area contributed by atoms with Gasteiger partial charge in [-0.3, -0.25) is 14.5 Å². The zero-order chi connectivity index (χ0) is 16.4. The van der Waals surface area contributed by atoms with Gasteiger partial charge in [0.1, 0.15) is 12.1 Å². The molecule has 3 rings (SSSR count). The minimum Gasteiger partial charge on any atom is -0.381 e. The fourth-order valence-electron chi connectivity index (χ4n) is 3.67. The van der Waals surface area contributed by atoms with Crippen LogP contribution in [0.4, 0.5) is 4.79 Å². The zero-order valence-corrected chi connectivity index (χ0v) is 13.6. The van der Waals surface area contributed by atoms with Gasteiger partial charge >= 0.3 is 6.03 Å². The monoisotopic (exact) mass is 323 g/mol. The lowest BCUT2D eigenvalue weighted by Gasteiger charge is -2.31. The summed E-state index contributed by atoms with van der Waals surface area (Å²) < 4.78 is 5.32. The predicted octanol–water partition coefficient (Wildman–Crippen LogP) is 0.734. The summed E-state index contributed by atoms with van der Waals surface area (Å²) in [4.78, 5) is 40.2. The zero-order valence-electron chi connectivity index (χ0n) is 13.6. The molecule has 23 heavy (non-hydrogen) atoms.